The Morgan fingerprint density at radius 3 is 0.900 bits per heavy atom. The molecule has 0 amide bonds. The number of unbranched alkanes of at least 4 members (excludes halogenated alkanes) is 7. The molecule has 0 unspecified atom stereocenters. The summed E-state index contributed by atoms with van der Waals surface area (Å²) in [5.41, 5.74) is 0. The fourth-order valence-electron chi connectivity index (χ4n) is 1.54. The van der Waals surface area contributed by atoms with E-state index in [1.165, 1.54) is 57.8 Å². The summed E-state index contributed by atoms with van der Waals surface area (Å²) < 4.78 is 5.56. The third-order valence-electron chi connectivity index (χ3n) is 2.63. The Morgan fingerprint density at radius 2 is 0.667 bits per heavy atom. The van der Waals surface area contributed by atoms with Crippen LogP contribution in [0, 0.1) is 0 Å². The van der Waals surface area contributed by atoms with Gasteiger partial charge in [0.15, 0.2) is 0 Å². The Labute approximate surface area is 192 Å². The van der Waals surface area contributed by atoms with E-state index < -0.39 is 0 Å². The molecular formula is C27H58O3. The van der Waals surface area contributed by atoms with E-state index in [-0.39, 0.29) is 13.2 Å². The lowest BCUT2D eigenvalue weighted by Crippen LogP contribution is -1.97. The molecule has 0 saturated heterocycles. The summed E-state index contributed by atoms with van der Waals surface area (Å²) >= 11 is 0. The number of aliphatic hydroxyl groups excluding tert-OH is 2. The highest BCUT2D eigenvalue weighted by molar-refractivity contribution is 4.43. The third kappa shape index (κ3) is 158. The maximum atomic E-state index is 7.62. The molecule has 0 atom stereocenters. The number of rotatable bonds is 12. The molecule has 0 aliphatic rings. The molecule has 3 heteroatoms. The molecule has 0 aliphatic heterocycles. The number of aliphatic hydroxyl groups is 2. The first-order chi connectivity index (χ1) is 14.8. The second-order valence-corrected chi connectivity index (χ2v) is 4.53. The molecule has 0 aromatic carbocycles. The minimum Gasteiger partial charge on any atom is -0.394 e. The van der Waals surface area contributed by atoms with Crippen LogP contribution in [0.25, 0.3) is 0 Å². The minimum absolute atomic E-state index is 0.125. The van der Waals surface area contributed by atoms with E-state index in [2.05, 4.69) is 92.8 Å². The van der Waals surface area contributed by atoms with E-state index in [4.69, 9.17) is 14.9 Å². The molecule has 0 bridgehead atoms. The van der Waals surface area contributed by atoms with Crippen LogP contribution in [-0.4, -0.2) is 36.6 Å². The van der Waals surface area contributed by atoms with Gasteiger partial charge in [0.1, 0.15) is 0 Å². The zero-order chi connectivity index (χ0) is 25.9. The van der Waals surface area contributed by atoms with Gasteiger partial charge in [0, 0.05) is 13.2 Å². The zero-order valence-corrected chi connectivity index (χ0v) is 21.0. The fraction of sp³-hybridized carbons (Fsp3) is 0.556. The van der Waals surface area contributed by atoms with Crippen molar-refractivity contribution in [3.63, 3.8) is 0 Å². The van der Waals surface area contributed by atoms with Crippen LogP contribution in [0.2, 0.25) is 0 Å². The topological polar surface area (TPSA) is 49.7 Å². The van der Waals surface area contributed by atoms with Crippen LogP contribution in [0.15, 0.2) is 78.9 Å². The first-order valence-electron chi connectivity index (χ1n) is 10.6. The third-order valence-corrected chi connectivity index (χ3v) is 2.63. The van der Waals surface area contributed by atoms with Crippen molar-refractivity contribution in [1.82, 2.24) is 0 Å². The van der Waals surface area contributed by atoms with Crippen LogP contribution < -0.4 is 0 Å². The highest BCUT2D eigenvalue weighted by Crippen LogP contribution is 2.03. The van der Waals surface area contributed by atoms with Crippen molar-refractivity contribution in [3.05, 3.63) is 78.9 Å². The van der Waals surface area contributed by atoms with Gasteiger partial charge >= 0.3 is 0 Å². The quantitative estimate of drug-likeness (QED) is 0.241. The molecule has 184 valence electrons. The van der Waals surface area contributed by atoms with Gasteiger partial charge in [0.05, 0.1) is 13.2 Å². The Bertz CT molecular complexity index is 157. The van der Waals surface area contributed by atoms with Gasteiger partial charge in [-0.15, -0.1) is 78.9 Å². The van der Waals surface area contributed by atoms with Gasteiger partial charge < -0.3 is 14.9 Å². The number of hydrogen-bond acceptors (Lipinski definition) is 3. The van der Waals surface area contributed by atoms with E-state index in [0.29, 0.717) is 0 Å². The van der Waals surface area contributed by atoms with E-state index >= 15 is 0 Å². The van der Waals surface area contributed by atoms with Crippen LogP contribution in [0.1, 0.15) is 71.6 Å². The standard InChI is InChI=1S/C13H28O.C2H6O2.6C2H4/c1-3-5-7-9-11-13-14-12-10-8-6-4-2;3-1-2-4;6*1-2/h3-13H2,1-2H3;3-4H,1-2H2;6*1-2H2. The van der Waals surface area contributed by atoms with Crippen LogP contribution in [0.5, 0.6) is 0 Å². The lowest BCUT2D eigenvalue weighted by atomic mass is 10.2. The summed E-state index contributed by atoms with van der Waals surface area (Å²) in [5, 5.41) is 15.2. The molecule has 0 aliphatic carbocycles. The average molecular weight is 431 g/mol. The molecule has 0 spiro atoms. The molecule has 30 heavy (non-hydrogen) atoms. The molecule has 0 aromatic rings. The van der Waals surface area contributed by atoms with E-state index in [9.17, 15) is 0 Å². The summed E-state index contributed by atoms with van der Waals surface area (Å²) in [7, 11) is 0. The predicted molar refractivity (Wildman–Crippen MR) is 145 cm³/mol. The van der Waals surface area contributed by atoms with Crippen LogP contribution >= 0.6 is 0 Å². The van der Waals surface area contributed by atoms with Gasteiger partial charge in [-0.3, -0.25) is 0 Å². The van der Waals surface area contributed by atoms with Crippen LogP contribution in [-0.2, 0) is 4.74 Å². The normalized spacial score (nSPS) is 6.80. The monoisotopic (exact) mass is 430 g/mol. The van der Waals surface area contributed by atoms with Gasteiger partial charge in [-0.25, -0.2) is 0 Å². The van der Waals surface area contributed by atoms with Crippen LogP contribution in [0.4, 0.5) is 0 Å². The lowest BCUT2D eigenvalue weighted by molar-refractivity contribution is 0.126. The lowest BCUT2D eigenvalue weighted by Gasteiger charge is -2.03. The molecule has 0 radical (unpaired) electrons. The molecular weight excluding hydrogens is 372 g/mol. The van der Waals surface area contributed by atoms with Crippen molar-refractivity contribution in [2.24, 2.45) is 0 Å². The molecule has 0 rings (SSSR count). The highest BCUT2D eigenvalue weighted by atomic mass is 16.5. The Morgan fingerprint density at radius 1 is 0.433 bits per heavy atom. The van der Waals surface area contributed by atoms with Gasteiger partial charge in [-0.05, 0) is 12.8 Å². The average Bonchev–Trinajstić information content (AvgIpc) is 2.88. The maximum absolute atomic E-state index is 7.62. The van der Waals surface area contributed by atoms with Crippen molar-refractivity contribution in [1.29, 1.82) is 0 Å². The fourth-order valence-corrected chi connectivity index (χ4v) is 1.54. The maximum Gasteiger partial charge on any atom is 0.0662 e. The SMILES string of the molecule is C=C.C=C.C=C.C=C.C=C.C=C.CCCCCCCOCCCCCC.OCCO. The van der Waals surface area contributed by atoms with Crippen molar-refractivity contribution in [3.8, 4) is 0 Å². The smallest absolute Gasteiger partial charge is 0.0662 e. The largest absolute Gasteiger partial charge is 0.394 e. The van der Waals surface area contributed by atoms with Gasteiger partial charge in [-0.2, -0.15) is 0 Å². The number of ether oxygens (including phenoxy) is 1. The first kappa shape index (κ1) is 51.2. The van der Waals surface area contributed by atoms with Crippen molar-refractivity contribution < 1.29 is 14.9 Å². The van der Waals surface area contributed by atoms with Crippen LogP contribution in [0.3, 0.4) is 0 Å². The van der Waals surface area contributed by atoms with Gasteiger partial charge in [0.25, 0.3) is 0 Å². The zero-order valence-electron chi connectivity index (χ0n) is 21.0. The Kier molecular flexibility index (Phi) is 213. The van der Waals surface area contributed by atoms with E-state index in [1.54, 1.807) is 0 Å². The summed E-state index contributed by atoms with van der Waals surface area (Å²) in [6.45, 7) is 42.2. The molecule has 0 aromatic heterocycles. The molecule has 3 nitrogen and oxygen atoms in total. The predicted octanol–water partition coefficient (Wildman–Crippen LogP) is 8.34. The summed E-state index contributed by atoms with van der Waals surface area (Å²) in [5.74, 6) is 0. The summed E-state index contributed by atoms with van der Waals surface area (Å²) in [6, 6.07) is 0. The molecule has 0 heterocycles. The van der Waals surface area contributed by atoms with E-state index in [1.807, 2.05) is 0 Å². The summed E-state index contributed by atoms with van der Waals surface area (Å²) in [4.78, 5) is 0. The molecule has 2 N–H and O–H groups in total. The van der Waals surface area contributed by atoms with Crippen molar-refractivity contribution in [2.75, 3.05) is 26.4 Å². The summed E-state index contributed by atoms with van der Waals surface area (Å²) in [6.07, 6.45) is 12.0. The van der Waals surface area contributed by atoms with Gasteiger partial charge in [-0.1, -0.05) is 58.8 Å². The molecule has 0 fully saturated rings. The van der Waals surface area contributed by atoms with Crippen molar-refractivity contribution >= 4 is 0 Å². The Hall–Kier alpha value is -1.68. The van der Waals surface area contributed by atoms with Crippen molar-refractivity contribution in [2.45, 2.75) is 71.6 Å². The molecule has 0 saturated carbocycles. The number of hydrogen-bond donors (Lipinski definition) is 2. The van der Waals surface area contributed by atoms with Gasteiger partial charge in [0.2, 0.25) is 0 Å². The highest BCUT2D eigenvalue weighted by Gasteiger charge is 1.91. The Balaban J connectivity index is -0.0000000419. The van der Waals surface area contributed by atoms with E-state index in [0.717, 1.165) is 13.2 Å². The second-order valence-electron chi connectivity index (χ2n) is 4.53. The second kappa shape index (κ2) is 125. The first-order valence-corrected chi connectivity index (χ1v) is 10.6. The minimum atomic E-state index is -0.125.